The van der Waals surface area contributed by atoms with Crippen LogP contribution in [0.15, 0.2) is 4.99 Å². The summed E-state index contributed by atoms with van der Waals surface area (Å²) < 4.78 is 5.03. The average Bonchev–Trinajstić information content (AvgIpc) is 2.37. The van der Waals surface area contributed by atoms with E-state index in [1.54, 1.807) is 7.11 Å². The lowest BCUT2D eigenvalue weighted by molar-refractivity contribution is 0.163. The van der Waals surface area contributed by atoms with Crippen molar-refractivity contribution in [3.8, 4) is 0 Å². The number of ether oxygens (including phenoxy) is 1. The van der Waals surface area contributed by atoms with Crippen LogP contribution in [-0.4, -0.2) is 57.3 Å². The number of guanidine groups is 1. The van der Waals surface area contributed by atoms with E-state index in [0.29, 0.717) is 12.0 Å². The lowest BCUT2D eigenvalue weighted by Crippen LogP contribution is -2.41. The Morgan fingerprint density at radius 3 is 2.72 bits per heavy atom. The molecule has 18 heavy (non-hydrogen) atoms. The first-order valence-electron chi connectivity index (χ1n) is 6.96. The molecule has 0 aliphatic heterocycles. The molecule has 5 heteroatoms. The topological polar surface area (TPSA) is 62.9 Å². The van der Waals surface area contributed by atoms with E-state index in [0.717, 1.165) is 26.2 Å². The van der Waals surface area contributed by atoms with Gasteiger partial charge in [0.15, 0.2) is 5.96 Å². The molecule has 1 aliphatic rings. The average molecular weight is 256 g/mol. The first kappa shape index (κ1) is 15.2. The number of nitrogens with two attached hydrogens (primary N) is 1. The lowest BCUT2D eigenvalue weighted by atomic mass is 9.96. The highest BCUT2D eigenvalue weighted by atomic mass is 16.5. The summed E-state index contributed by atoms with van der Waals surface area (Å²) in [4.78, 5) is 6.56. The fraction of sp³-hybridized carbons (Fsp3) is 0.923. The molecule has 0 saturated heterocycles. The van der Waals surface area contributed by atoms with Gasteiger partial charge in [-0.15, -0.1) is 0 Å². The van der Waals surface area contributed by atoms with Gasteiger partial charge < -0.3 is 20.7 Å². The van der Waals surface area contributed by atoms with E-state index in [4.69, 9.17) is 10.5 Å². The fourth-order valence-electron chi connectivity index (χ4n) is 2.20. The monoisotopic (exact) mass is 256 g/mol. The molecule has 0 amide bonds. The number of nitrogens with zero attached hydrogens (tertiary/aromatic N) is 2. The van der Waals surface area contributed by atoms with Crippen LogP contribution in [-0.2, 0) is 4.74 Å². The number of rotatable bonds is 7. The Morgan fingerprint density at radius 2 is 2.06 bits per heavy atom. The van der Waals surface area contributed by atoms with Gasteiger partial charge in [0.05, 0.1) is 13.2 Å². The Labute approximate surface area is 111 Å². The van der Waals surface area contributed by atoms with E-state index in [9.17, 15) is 0 Å². The Hall–Kier alpha value is -0.810. The summed E-state index contributed by atoms with van der Waals surface area (Å²) in [6, 6.07) is 0.536. The molecule has 0 heterocycles. The third kappa shape index (κ3) is 6.81. The van der Waals surface area contributed by atoms with Crippen molar-refractivity contribution < 1.29 is 4.74 Å². The van der Waals surface area contributed by atoms with Crippen LogP contribution < -0.4 is 11.1 Å². The van der Waals surface area contributed by atoms with Crippen molar-refractivity contribution in [1.82, 2.24) is 10.2 Å². The van der Waals surface area contributed by atoms with Gasteiger partial charge in [-0.05, 0) is 19.9 Å². The van der Waals surface area contributed by atoms with Crippen molar-refractivity contribution >= 4 is 5.96 Å². The van der Waals surface area contributed by atoms with Crippen LogP contribution >= 0.6 is 0 Å². The van der Waals surface area contributed by atoms with Crippen LogP contribution in [0.1, 0.15) is 32.1 Å². The van der Waals surface area contributed by atoms with E-state index in [-0.39, 0.29) is 0 Å². The van der Waals surface area contributed by atoms with Crippen molar-refractivity contribution in [1.29, 1.82) is 0 Å². The normalized spacial score (nSPS) is 18.3. The van der Waals surface area contributed by atoms with Gasteiger partial charge in [-0.2, -0.15) is 0 Å². The van der Waals surface area contributed by atoms with E-state index < -0.39 is 0 Å². The van der Waals surface area contributed by atoms with Crippen molar-refractivity contribution in [2.24, 2.45) is 10.7 Å². The van der Waals surface area contributed by atoms with Gasteiger partial charge in [0.25, 0.3) is 0 Å². The zero-order valence-corrected chi connectivity index (χ0v) is 11.8. The highest BCUT2D eigenvalue weighted by Crippen LogP contribution is 2.16. The first-order chi connectivity index (χ1) is 8.72. The largest absolute Gasteiger partial charge is 0.383 e. The minimum Gasteiger partial charge on any atom is -0.383 e. The van der Waals surface area contributed by atoms with E-state index in [1.165, 1.54) is 32.1 Å². The Bertz CT molecular complexity index is 239. The van der Waals surface area contributed by atoms with Gasteiger partial charge in [0.2, 0.25) is 0 Å². The lowest BCUT2D eigenvalue weighted by Gasteiger charge is -2.23. The van der Waals surface area contributed by atoms with Crippen LogP contribution in [0.25, 0.3) is 0 Å². The van der Waals surface area contributed by atoms with Crippen molar-refractivity contribution in [2.45, 2.75) is 38.1 Å². The number of aliphatic imine (C=N–C) groups is 1. The predicted molar refractivity (Wildman–Crippen MR) is 75.9 cm³/mol. The molecule has 1 fully saturated rings. The van der Waals surface area contributed by atoms with Crippen LogP contribution in [0.2, 0.25) is 0 Å². The molecule has 0 radical (unpaired) electrons. The molecular formula is C13H28N4O. The molecule has 0 aromatic carbocycles. The van der Waals surface area contributed by atoms with E-state index >= 15 is 0 Å². The molecule has 0 spiro atoms. The third-order valence-corrected chi connectivity index (χ3v) is 3.40. The van der Waals surface area contributed by atoms with E-state index in [2.05, 4.69) is 22.3 Å². The van der Waals surface area contributed by atoms with Crippen LogP contribution in [0.4, 0.5) is 0 Å². The van der Waals surface area contributed by atoms with Gasteiger partial charge in [0.1, 0.15) is 0 Å². The maximum absolute atomic E-state index is 5.89. The molecule has 0 aromatic rings. The molecule has 1 aliphatic carbocycles. The standard InChI is InChI=1S/C13H28N4O/c1-17(10-11-18-2)9-8-15-13(14)16-12-6-4-3-5-7-12/h12H,3-11H2,1-2H3,(H3,14,15,16). The first-order valence-corrected chi connectivity index (χ1v) is 6.96. The summed E-state index contributed by atoms with van der Waals surface area (Å²) >= 11 is 0. The molecule has 0 unspecified atom stereocenters. The van der Waals surface area contributed by atoms with E-state index in [1.807, 2.05) is 0 Å². The van der Waals surface area contributed by atoms with Crippen LogP contribution in [0, 0.1) is 0 Å². The zero-order chi connectivity index (χ0) is 13.2. The third-order valence-electron chi connectivity index (χ3n) is 3.40. The maximum Gasteiger partial charge on any atom is 0.188 e. The van der Waals surface area contributed by atoms with Crippen molar-refractivity contribution in [3.05, 3.63) is 0 Å². The molecule has 1 saturated carbocycles. The summed E-state index contributed by atoms with van der Waals surface area (Å²) in [5.74, 6) is 0.599. The number of methoxy groups -OCH3 is 1. The zero-order valence-electron chi connectivity index (χ0n) is 11.8. The number of likely N-dealkylation sites (N-methyl/N-ethyl adjacent to an activating group) is 1. The molecule has 1 rings (SSSR count). The van der Waals surface area contributed by atoms with Gasteiger partial charge in [-0.1, -0.05) is 19.3 Å². The Kier molecular flexibility index (Phi) is 7.76. The minimum absolute atomic E-state index is 0.536. The highest BCUT2D eigenvalue weighted by molar-refractivity contribution is 5.78. The summed E-state index contributed by atoms with van der Waals surface area (Å²) in [5, 5.41) is 3.32. The quantitative estimate of drug-likeness (QED) is 0.522. The molecule has 0 bridgehead atoms. The SMILES string of the molecule is COCCN(C)CCN=C(N)NC1CCCCC1. The smallest absolute Gasteiger partial charge is 0.188 e. The van der Waals surface area contributed by atoms with Crippen molar-refractivity contribution in [3.63, 3.8) is 0 Å². The Balaban J connectivity index is 2.12. The number of hydrogen-bond donors (Lipinski definition) is 2. The van der Waals surface area contributed by atoms with Gasteiger partial charge >= 0.3 is 0 Å². The number of hydrogen-bond acceptors (Lipinski definition) is 3. The number of nitrogens with one attached hydrogen (secondary N) is 1. The second kappa shape index (κ2) is 9.16. The fourth-order valence-corrected chi connectivity index (χ4v) is 2.20. The van der Waals surface area contributed by atoms with Gasteiger partial charge in [0, 0.05) is 26.2 Å². The summed E-state index contributed by atoms with van der Waals surface area (Å²) in [5.41, 5.74) is 5.89. The van der Waals surface area contributed by atoms with Crippen molar-refractivity contribution in [2.75, 3.05) is 40.4 Å². The summed E-state index contributed by atoms with van der Waals surface area (Å²) in [7, 11) is 3.79. The Morgan fingerprint density at radius 1 is 1.33 bits per heavy atom. The van der Waals surface area contributed by atoms with Crippen LogP contribution in [0.3, 0.4) is 0 Å². The van der Waals surface area contributed by atoms with Gasteiger partial charge in [-0.3, -0.25) is 4.99 Å². The van der Waals surface area contributed by atoms with Gasteiger partial charge in [-0.25, -0.2) is 0 Å². The second-order valence-corrected chi connectivity index (χ2v) is 5.04. The molecule has 0 aromatic heterocycles. The minimum atomic E-state index is 0.536. The summed E-state index contributed by atoms with van der Waals surface area (Å²) in [6.07, 6.45) is 6.43. The molecule has 0 atom stereocenters. The van der Waals surface area contributed by atoms with Crippen LogP contribution in [0.5, 0.6) is 0 Å². The molecule has 106 valence electrons. The summed E-state index contributed by atoms with van der Waals surface area (Å²) in [6.45, 7) is 3.35. The molecule has 5 nitrogen and oxygen atoms in total. The molecule has 3 N–H and O–H groups in total. The second-order valence-electron chi connectivity index (χ2n) is 5.04. The maximum atomic E-state index is 5.89. The molecular weight excluding hydrogens is 228 g/mol. The predicted octanol–water partition coefficient (Wildman–Crippen LogP) is 0.802. The highest BCUT2D eigenvalue weighted by Gasteiger charge is 2.13.